The van der Waals surface area contributed by atoms with E-state index in [0.29, 0.717) is 29.0 Å². The smallest absolute Gasteiger partial charge is 0.306 e. The monoisotopic (exact) mass is 412 g/mol. The van der Waals surface area contributed by atoms with Crippen LogP contribution < -0.4 is 0 Å². The molecule has 2 fully saturated rings. The number of carbonyl (C=O) groups excluding carboxylic acids is 1. The van der Waals surface area contributed by atoms with E-state index in [1.165, 1.54) is 31.3 Å². The average Bonchev–Trinajstić information content (AvgIpc) is 3.05. The molecule has 0 radical (unpaired) electrons. The van der Waals surface area contributed by atoms with Gasteiger partial charge in [-0.2, -0.15) is 0 Å². The molecule has 0 aromatic heterocycles. The van der Waals surface area contributed by atoms with Crippen molar-refractivity contribution in [2.75, 3.05) is 0 Å². The molecule has 3 heteroatoms. The number of hydrogen-bond acceptors (Lipinski definition) is 2. The van der Waals surface area contributed by atoms with Crippen LogP contribution in [0.15, 0.2) is 23.3 Å². The Balaban J connectivity index is 1.48. The summed E-state index contributed by atoms with van der Waals surface area (Å²) in [6.07, 6.45) is 15.4. The highest BCUT2D eigenvalue weighted by atomic mass is 16.4. The molecule has 0 saturated heterocycles. The van der Waals surface area contributed by atoms with Crippen LogP contribution in [-0.4, -0.2) is 16.9 Å². The molecule has 30 heavy (non-hydrogen) atoms. The molecule has 1 N–H and O–H groups in total. The van der Waals surface area contributed by atoms with Crippen LogP contribution in [0.25, 0.3) is 0 Å². The fourth-order valence-corrected chi connectivity index (χ4v) is 7.90. The van der Waals surface area contributed by atoms with E-state index in [1.807, 2.05) is 13.0 Å². The first-order valence-electron chi connectivity index (χ1n) is 12.3. The first-order valence-corrected chi connectivity index (χ1v) is 12.3. The number of rotatable bonds is 6. The lowest BCUT2D eigenvalue weighted by molar-refractivity contribution is -0.141. The van der Waals surface area contributed by atoms with Gasteiger partial charge in [-0.05, 0) is 85.5 Å². The second-order valence-electron chi connectivity index (χ2n) is 11.4. The van der Waals surface area contributed by atoms with Crippen LogP contribution in [0.3, 0.4) is 0 Å². The second-order valence-corrected chi connectivity index (χ2v) is 11.4. The maximum Gasteiger partial charge on any atom is 0.306 e. The predicted molar refractivity (Wildman–Crippen MR) is 120 cm³/mol. The van der Waals surface area contributed by atoms with Gasteiger partial charge in [-0.1, -0.05) is 57.8 Å². The number of fused-ring (bicyclic) bond motifs is 5. The van der Waals surface area contributed by atoms with Gasteiger partial charge in [0.05, 0.1) is 5.92 Å². The minimum Gasteiger partial charge on any atom is -0.481 e. The third-order valence-corrected chi connectivity index (χ3v) is 9.88. The summed E-state index contributed by atoms with van der Waals surface area (Å²) >= 11 is 0. The van der Waals surface area contributed by atoms with Crippen molar-refractivity contribution in [1.29, 1.82) is 0 Å². The van der Waals surface area contributed by atoms with Crippen LogP contribution in [0.4, 0.5) is 0 Å². The number of carbonyl (C=O) groups is 2. The van der Waals surface area contributed by atoms with Gasteiger partial charge in [-0.3, -0.25) is 9.59 Å². The summed E-state index contributed by atoms with van der Waals surface area (Å²) in [6, 6.07) is 0. The van der Waals surface area contributed by atoms with Gasteiger partial charge in [0.1, 0.15) is 0 Å². The van der Waals surface area contributed by atoms with Crippen molar-refractivity contribution in [1.82, 2.24) is 0 Å². The van der Waals surface area contributed by atoms with Crippen molar-refractivity contribution in [3.8, 4) is 0 Å². The molecule has 166 valence electrons. The Morgan fingerprint density at radius 1 is 1.13 bits per heavy atom. The van der Waals surface area contributed by atoms with Crippen molar-refractivity contribution in [2.45, 2.75) is 91.9 Å². The van der Waals surface area contributed by atoms with Gasteiger partial charge in [-0.15, -0.1) is 0 Å². The van der Waals surface area contributed by atoms with Gasteiger partial charge >= 0.3 is 5.97 Å². The van der Waals surface area contributed by atoms with E-state index in [2.05, 4.69) is 26.8 Å². The lowest BCUT2D eigenvalue weighted by Crippen LogP contribution is -2.46. The molecular weight excluding hydrogens is 372 g/mol. The maximum atomic E-state index is 12.0. The standard InChI is InChI=1S/C27H40O3/c1-17(6-5-7-18(2)25(29)30)22-10-11-23-21-9-8-19-16-20(28)12-14-26(19,3)24(21)13-15-27(22,23)4/h9,16-18,22-24H,5-8,10-15H2,1-4H3,(H,29,30)/t17?,18-,22+,23?,24?,26-,27?/m0/s1. The largest absolute Gasteiger partial charge is 0.481 e. The van der Waals surface area contributed by atoms with E-state index in [4.69, 9.17) is 5.11 Å². The highest BCUT2D eigenvalue weighted by molar-refractivity contribution is 5.91. The fourth-order valence-electron chi connectivity index (χ4n) is 7.90. The molecule has 2 saturated carbocycles. The van der Waals surface area contributed by atoms with Crippen molar-refractivity contribution in [2.24, 2.45) is 40.4 Å². The number of carboxylic acids is 1. The molecule has 4 unspecified atom stereocenters. The van der Waals surface area contributed by atoms with Crippen LogP contribution in [0, 0.1) is 40.4 Å². The van der Waals surface area contributed by atoms with Crippen molar-refractivity contribution >= 4 is 11.8 Å². The SMILES string of the molecule is CC(CCC[C@H](C)C(=O)O)[C@H]1CCC2C3=CCC4=CC(=O)CC[C@]4(C)C3CCC21C. The number of aliphatic carboxylic acids is 1. The van der Waals surface area contributed by atoms with E-state index in [-0.39, 0.29) is 11.3 Å². The molecule has 3 nitrogen and oxygen atoms in total. The van der Waals surface area contributed by atoms with Crippen LogP contribution >= 0.6 is 0 Å². The fraction of sp³-hybridized carbons (Fsp3) is 0.778. The summed E-state index contributed by atoms with van der Waals surface area (Å²) in [6.45, 7) is 9.24. The highest BCUT2D eigenvalue weighted by Crippen LogP contribution is 2.66. The Morgan fingerprint density at radius 2 is 1.90 bits per heavy atom. The second kappa shape index (κ2) is 7.95. The Bertz CT molecular complexity index is 777. The third kappa shape index (κ3) is 3.50. The van der Waals surface area contributed by atoms with Crippen molar-refractivity contribution in [3.63, 3.8) is 0 Å². The minimum absolute atomic E-state index is 0.204. The number of carboxylic acid groups (broad SMARTS) is 1. The number of hydrogen-bond donors (Lipinski definition) is 1. The molecule has 0 amide bonds. The molecular formula is C27H40O3. The van der Waals surface area contributed by atoms with E-state index >= 15 is 0 Å². The molecule has 0 bridgehead atoms. The Labute approximate surface area is 182 Å². The van der Waals surface area contributed by atoms with Crippen molar-refractivity contribution in [3.05, 3.63) is 23.3 Å². The Morgan fingerprint density at radius 3 is 2.63 bits per heavy atom. The molecule has 0 aliphatic heterocycles. The van der Waals surface area contributed by atoms with Gasteiger partial charge in [0.25, 0.3) is 0 Å². The summed E-state index contributed by atoms with van der Waals surface area (Å²) in [5.74, 6) is 2.20. The summed E-state index contributed by atoms with van der Waals surface area (Å²) in [7, 11) is 0. The topological polar surface area (TPSA) is 54.4 Å². The minimum atomic E-state index is -0.663. The third-order valence-electron chi connectivity index (χ3n) is 9.88. The van der Waals surface area contributed by atoms with Gasteiger partial charge in [0.2, 0.25) is 0 Å². The van der Waals surface area contributed by atoms with E-state index in [1.54, 1.807) is 5.57 Å². The Kier molecular flexibility index (Phi) is 5.79. The van der Waals surface area contributed by atoms with Crippen LogP contribution in [0.2, 0.25) is 0 Å². The summed E-state index contributed by atoms with van der Waals surface area (Å²) in [5.41, 5.74) is 3.72. The number of allylic oxidation sites excluding steroid dienone is 4. The first-order chi connectivity index (χ1) is 14.2. The van der Waals surface area contributed by atoms with Gasteiger partial charge in [0, 0.05) is 6.42 Å². The zero-order chi connectivity index (χ0) is 21.7. The Hall–Kier alpha value is -1.38. The normalized spacial score (nSPS) is 39.9. The average molecular weight is 413 g/mol. The molecule has 4 rings (SSSR count). The molecule has 7 atom stereocenters. The van der Waals surface area contributed by atoms with Gasteiger partial charge in [-0.25, -0.2) is 0 Å². The van der Waals surface area contributed by atoms with Gasteiger partial charge < -0.3 is 5.11 Å². The molecule has 0 aromatic carbocycles. The van der Waals surface area contributed by atoms with Gasteiger partial charge in [0.15, 0.2) is 5.78 Å². The van der Waals surface area contributed by atoms with Crippen LogP contribution in [0.5, 0.6) is 0 Å². The molecule has 4 aliphatic rings. The predicted octanol–water partition coefficient (Wildman–Crippen LogP) is 6.58. The van der Waals surface area contributed by atoms with Crippen LogP contribution in [-0.2, 0) is 9.59 Å². The van der Waals surface area contributed by atoms with E-state index in [0.717, 1.165) is 44.4 Å². The number of ketones is 1. The zero-order valence-corrected chi connectivity index (χ0v) is 19.4. The lowest BCUT2D eigenvalue weighted by Gasteiger charge is -2.55. The molecule has 0 spiro atoms. The maximum absolute atomic E-state index is 12.0. The lowest BCUT2D eigenvalue weighted by atomic mass is 9.50. The zero-order valence-electron chi connectivity index (χ0n) is 19.4. The molecule has 4 aliphatic carbocycles. The van der Waals surface area contributed by atoms with E-state index < -0.39 is 5.97 Å². The molecule has 0 aromatic rings. The van der Waals surface area contributed by atoms with E-state index in [9.17, 15) is 9.59 Å². The summed E-state index contributed by atoms with van der Waals surface area (Å²) < 4.78 is 0. The summed E-state index contributed by atoms with van der Waals surface area (Å²) in [4.78, 5) is 23.1. The first kappa shape index (κ1) is 21.8. The van der Waals surface area contributed by atoms with Crippen LogP contribution in [0.1, 0.15) is 91.9 Å². The summed E-state index contributed by atoms with van der Waals surface area (Å²) in [5, 5.41) is 9.15. The highest BCUT2D eigenvalue weighted by Gasteiger charge is 2.56. The quantitative estimate of drug-likeness (QED) is 0.501. The molecule has 0 heterocycles. The van der Waals surface area contributed by atoms with Crippen molar-refractivity contribution < 1.29 is 14.7 Å².